The van der Waals surface area contributed by atoms with Crippen LogP contribution in [0.2, 0.25) is 0 Å². The van der Waals surface area contributed by atoms with Crippen LogP contribution in [-0.2, 0) is 4.74 Å². The van der Waals surface area contributed by atoms with E-state index in [-0.39, 0.29) is 11.0 Å². The van der Waals surface area contributed by atoms with E-state index >= 15 is 0 Å². The SMILES string of the molecule is CC(Cl)c1cnn(C2CCOC3(CCSC3)C2)c1. The van der Waals surface area contributed by atoms with Crippen LogP contribution in [0.3, 0.4) is 0 Å². The highest BCUT2D eigenvalue weighted by Gasteiger charge is 2.41. The van der Waals surface area contributed by atoms with Crippen LogP contribution in [0.25, 0.3) is 0 Å². The summed E-state index contributed by atoms with van der Waals surface area (Å²) >= 11 is 8.11. The van der Waals surface area contributed by atoms with Crippen molar-refractivity contribution in [2.45, 2.75) is 43.2 Å². The number of hydrogen-bond acceptors (Lipinski definition) is 3. The number of halogens is 1. The molecule has 0 amide bonds. The Hall–Kier alpha value is -0.190. The van der Waals surface area contributed by atoms with Crippen LogP contribution < -0.4 is 0 Å². The lowest BCUT2D eigenvalue weighted by Crippen LogP contribution is -2.40. The smallest absolute Gasteiger partial charge is 0.0800 e. The Balaban J connectivity index is 1.75. The first-order valence-corrected chi connectivity index (χ1v) is 8.17. The number of thioether (sulfide) groups is 1. The minimum Gasteiger partial charge on any atom is -0.374 e. The molecule has 0 N–H and O–H groups in total. The van der Waals surface area contributed by atoms with Crippen LogP contribution in [0, 0.1) is 0 Å². The van der Waals surface area contributed by atoms with E-state index in [4.69, 9.17) is 16.3 Å². The summed E-state index contributed by atoms with van der Waals surface area (Å²) in [4.78, 5) is 0. The molecule has 2 aliphatic rings. The summed E-state index contributed by atoms with van der Waals surface area (Å²) in [6.07, 6.45) is 7.34. The van der Waals surface area contributed by atoms with Gasteiger partial charge in [0.05, 0.1) is 23.2 Å². The molecule has 1 aromatic heterocycles. The van der Waals surface area contributed by atoms with Gasteiger partial charge in [-0.2, -0.15) is 16.9 Å². The summed E-state index contributed by atoms with van der Waals surface area (Å²) in [5.74, 6) is 2.37. The summed E-state index contributed by atoms with van der Waals surface area (Å²) < 4.78 is 8.14. The Labute approximate surface area is 117 Å². The maximum atomic E-state index is 6.09. The van der Waals surface area contributed by atoms with E-state index in [9.17, 15) is 0 Å². The maximum absolute atomic E-state index is 6.09. The van der Waals surface area contributed by atoms with Gasteiger partial charge < -0.3 is 4.74 Å². The quantitative estimate of drug-likeness (QED) is 0.780. The van der Waals surface area contributed by atoms with Crippen LogP contribution in [0.1, 0.15) is 43.2 Å². The molecule has 3 unspecified atom stereocenters. The minimum absolute atomic E-state index is 0.0367. The zero-order valence-corrected chi connectivity index (χ0v) is 12.2. The molecule has 3 rings (SSSR count). The molecule has 0 radical (unpaired) electrons. The van der Waals surface area contributed by atoms with Crippen LogP contribution in [0.4, 0.5) is 0 Å². The van der Waals surface area contributed by atoms with Gasteiger partial charge in [0.25, 0.3) is 0 Å². The fourth-order valence-electron chi connectivity index (χ4n) is 2.85. The normalized spacial score (nSPS) is 34.0. The Morgan fingerprint density at radius 3 is 3.22 bits per heavy atom. The molecule has 100 valence electrons. The van der Waals surface area contributed by atoms with Gasteiger partial charge >= 0.3 is 0 Å². The maximum Gasteiger partial charge on any atom is 0.0800 e. The summed E-state index contributed by atoms with van der Waals surface area (Å²) in [6.45, 7) is 2.85. The molecule has 0 aromatic carbocycles. The third-order valence-electron chi connectivity index (χ3n) is 3.99. The van der Waals surface area contributed by atoms with Crippen molar-refractivity contribution in [1.82, 2.24) is 9.78 Å². The van der Waals surface area contributed by atoms with Gasteiger partial charge in [0.1, 0.15) is 0 Å². The minimum atomic E-state index is 0.0367. The molecular formula is C13H19ClN2OS. The van der Waals surface area contributed by atoms with Gasteiger partial charge in [0.15, 0.2) is 0 Å². The third kappa shape index (κ3) is 2.43. The molecule has 3 nitrogen and oxygen atoms in total. The van der Waals surface area contributed by atoms with Crippen molar-refractivity contribution in [2.24, 2.45) is 0 Å². The zero-order chi connectivity index (χ0) is 12.6. The molecule has 0 saturated carbocycles. The molecular weight excluding hydrogens is 268 g/mol. The lowest BCUT2D eigenvalue weighted by molar-refractivity contribution is -0.0778. The molecule has 2 saturated heterocycles. The van der Waals surface area contributed by atoms with Crippen molar-refractivity contribution < 1.29 is 4.74 Å². The van der Waals surface area contributed by atoms with Crippen LogP contribution in [-0.4, -0.2) is 33.5 Å². The van der Waals surface area contributed by atoms with E-state index in [1.54, 1.807) is 0 Å². The van der Waals surface area contributed by atoms with E-state index in [0.717, 1.165) is 30.8 Å². The molecule has 5 heteroatoms. The number of rotatable bonds is 2. The fourth-order valence-corrected chi connectivity index (χ4v) is 4.34. The second kappa shape index (κ2) is 5.06. The Bertz CT molecular complexity index is 415. The number of hydrogen-bond donors (Lipinski definition) is 0. The van der Waals surface area contributed by atoms with E-state index in [1.807, 2.05) is 24.9 Å². The van der Waals surface area contributed by atoms with E-state index < -0.39 is 0 Å². The van der Waals surface area contributed by atoms with E-state index in [0.29, 0.717) is 6.04 Å². The average Bonchev–Trinajstić information content (AvgIpc) is 2.98. The summed E-state index contributed by atoms with van der Waals surface area (Å²) in [7, 11) is 0. The summed E-state index contributed by atoms with van der Waals surface area (Å²) in [6, 6.07) is 0.474. The van der Waals surface area contributed by atoms with Gasteiger partial charge in [-0.25, -0.2) is 0 Å². The highest BCUT2D eigenvalue weighted by atomic mass is 35.5. The second-order valence-electron chi connectivity index (χ2n) is 5.35. The zero-order valence-electron chi connectivity index (χ0n) is 10.6. The first-order valence-electron chi connectivity index (χ1n) is 6.58. The number of alkyl halides is 1. The first kappa shape index (κ1) is 12.8. The summed E-state index contributed by atoms with van der Waals surface area (Å²) in [5, 5.41) is 4.52. The highest BCUT2D eigenvalue weighted by Crippen LogP contribution is 2.41. The largest absolute Gasteiger partial charge is 0.374 e. The fraction of sp³-hybridized carbons (Fsp3) is 0.769. The molecule has 0 bridgehead atoms. The molecule has 0 aliphatic carbocycles. The molecule has 2 fully saturated rings. The lowest BCUT2D eigenvalue weighted by Gasteiger charge is -2.37. The predicted octanol–water partition coefficient (Wildman–Crippen LogP) is 3.41. The number of aromatic nitrogens is 2. The topological polar surface area (TPSA) is 27.1 Å². The number of nitrogens with zero attached hydrogens (tertiary/aromatic N) is 2. The molecule has 1 aromatic rings. The second-order valence-corrected chi connectivity index (χ2v) is 7.11. The Morgan fingerprint density at radius 2 is 2.56 bits per heavy atom. The molecule has 2 aliphatic heterocycles. The van der Waals surface area contributed by atoms with Gasteiger partial charge in [-0.05, 0) is 31.9 Å². The molecule has 3 heterocycles. The molecule has 18 heavy (non-hydrogen) atoms. The third-order valence-corrected chi connectivity index (χ3v) is 5.46. The van der Waals surface area contributed by atoms with Crippen LogP contribution in [0.15, 0.2) is 12.4 Å². The van der Waals surface area contributed by atoms with Gasteiger partial charge in [0, 0.05) is 24.1 Å². The van der Waals surface area contributed by atoms with E-state index in [2.05, 4.69) is 16.0 Å². The molecule has 3 atom stereocenters. The molecule has 1 spiro atoms. The average molecular weight is 287 g/mol. The van der Waals surface area contributed by atoms with Gasteiger partial charge in [-0.1, -0.05) is 0 Å². The van der Waals surface area contributed by atoms with Crippen LogP contribution in [0.5, 0.6) is 0 Å². The van der Waals surface area contributed by atoms with Crippen LogP contribution >= 0.6 is 23.4 Å². The van der Waals surface area contributed by atoms with Crippen molar-refractivity contribution >= 4 is 23.4 Å². The Kier molecular flexibility index (Phi) is 3.61. The predicted molar refractivity (Wildman–Crippen MR) is 75.4 cm³/mol. The van der Waals surface area contributed by atoms with Crippen molar-refractivity contribution in [3.63, 3.8) is 0 Å². The first-order chi connectivity index (χ1) is 8.69. The van der Waals surface area contributed by atoms with Gasteiger partial charge in [-0.15, -0.1) is 11.6 Å². The summed E-state index contributed by atoms with van der Waals surface area (Å²) in [5.41, 5.74) is 1.23. The van der Waals surface area contributed by atoms with Gasteiger partial charge in [0.2, 0.25) is 0 Å². The Morgan fingerprint density at radius 1 is 1.67 bits per heavy atom. The van der Waals surface area contributed by atoms with Gasteiger partial charge in [-0.3, -0.25) is 4.68 Å². The lowest BCUT2D eigenvalue weighted by atomic mass is 9.90. The van der Waals surface area contributed by atoms with Crippen molar-refractivity contribution in [1.29, 1.82) is 0 Å². The van der Waals surface area contributed by atoms with Crippen molar-refractivity contribution in [2.75, 3.05) is 18.1 Å². The number of ether oxygens (including phenoxy) is 1. The van der Waals surface area contributed by atoms with Crippen molar-refractivity contribution in [3.05, 3.63) is 18.0 Å². The monoisotopic (exact) mass is 286 g/mol. The van der Waals surface area contributed by atoms with Crippen molar-refractivity contribution in [3.8, 4) is 0 Å². The van der Waals surface area contributed by atoms with E-state index in [1.165, 1.54) is 12.2 Å². The standard InChI is InChI=1S/C13H19ClN2OS/c1-10(14)11-7-15-16(8-11)12-2-4-17-13(6-12)3-5-18-9-13/h7-8,10,12H,2-6,9H2,1H3. The highest BCUT2D eigenvalue weighted by molar-refractivity contribution is 7.99.